The molecule has 128 valence electrons. The first kappa shape index (κ1) is 16.5. The predicted molar refractivity (Wildman–Crippen MR) is 92.9 cm³/mol. The van der Waals surface area contributed by atoms with E-state index >= 15 is 0 Å². The number of aryl methyl sites for hydroxylation is 1. The van der Waals surface area contributed by atoms with Gasteiger partial charge < -0.3 is 10.4 Å². The summed E-state index contributed by atoms with van der Waals surface area (Å²) >= 11 is 0. The zero-order chi connectivity index (χ0) is 17.2. The van der Waals surface area contributed by atoms with Crippen molar-refractivity contribution in [3.05, 3.63) is 47.7 Å². The summed E-state index contributed by atoms with van der Waals surface area (Å²) in [6, 6.07) is 9.47. The van der Waals surface area contributed by atoms with Gasteiger partial charge in [0.25, 0.3) is 0 Å². The molecular weight excluding hydrogens is 304 g/mol. The number of aliphatic hydroxyl groups is 1. The molecule has 0 radical (unpaired) electrons. The lowest BCUT2D eigenvalue weighted by Crippen LogP contribution is -2.44. The van der Waals surface area contributed by atoms with Crippen LogP contribution >= 0.6 is 0 Å². The number of rotatable bonds is 4. The van der Waals surface area contributed by atoms with Crippen LogP contribution in [0.4, 0.5) is 10.6 Å². The second-order valence-electron chi connectivity index (χ2n) is 6.60. The van der Waals surface area contributed by atoms with Gasteiger partial charge in [-0.15, -0.1) is 0 Å². The summed E-state index contributed by atoms with van der Waals surface area (Å²) in [6.07, 6.45) is 4.18. The fourth-order valence-corrected chi connectivity index (χ4v) is 3.29. The highest BCUT2D eigenvalue weighted by atomic mass is 16.3. The van der Waals surface area contributed by atoms with Gasteiger partial charge in [0.15, 0.2) is 0 Å². The second-order valence-corrected chi connectivity index (χ2v) is 6.60. The van der Waals surface area contributed by atoms with Gasteiger partial charge in [-0.3, -0.25) is 5.32 Å². The molecule has 0 spiro atoms. The smallest absolute Gasteiger partial charge is 0.320 e. The lowest BCUT2D eigenvalue weighted by molar-refractivity contribution is 0.0221. The number of amides is 2. The van der Waals surface area contributed by atoms with Crippen LogP contribution in [0.3, 0.4) is 0 Å². The van der Waals surface area contributed by atoms with Crippen LogP contribution in [0.1, 0.15) is 43.9 Å². The Kier molecular flexibility index (Phi) is 4.57. The van der Waals surface area contributed by atoms with Gasteiger partial charge in [0, 0.05) is 12.1 Å². The maximum atomic E-state index is 12.2. The van der Waals surface area contributed by atoms with Gasteiger partial charge in [-0.1, -0.05) is 24.3 Å². The summed E-state index contributed by atoms with van der Waals surface area (Å²) in [5.74, 6) is 0.638. The van der Waals surface area contributed by atoms with Crippen LogP contribution in [0.15, 0.2) is 36.5 Å². The molecule has 1 atom stereocenters. The average Bonchev–Trinajstić information content (AvgIpc) is 3.02. The Bertz CT molecular complexity index is 725. The number of aromatic nitrogens is 2. The second kappa shape index (κ2) is 6.65. The average molecular weight is 328 g/mol. The molecule has 2 aromatic rings. The first-order valence-electron chi connectivity index (χ1n) is 8.39. The maximum Gasteiger partial charge on any atom is 0.320 e. The number of hydrogen-bond donors (Lipinski definition) is 3. The molecule has 0 fully saturated rings. The zero-order valence-corrected chi connectivity index (χ0v) is 14.1. The lowest BCUT2D eigenvalue weighted by atomic mass is 9.79. The molecule has 24 heavy (non-hydrogen) atoms. The summed E-state index contributed by atoms with van der Waals surface area (Å²) in [5, 5.41) is 20.8. The molecule has 2 amide bonds. The van der Waals surface area contributed by atoms with Crippen molar-refractivity contribution >= 4 is 11.8 Å². The molecule has 1 aromatic heterocycles. The Morgan fingerprint density at radius 2 is 2.17 bits per heavy atom. The van der Waals surface area contributed by atoms with E-state index in [-0.39, 0.29) is 18.6 Å². The molecule has 6 nitrogen and oxygen atoms in total. The minimum absolute atomic E-state index is 0.157. The minimum Gasteiger partial charge on any atom is -0.383 e. The molecule has 1 aromatic carbocycles. The molecule has 1 aliphatic carbocycles. The van der Waals surface area contributed by atoms with Crippen molar-refractivity contribution in [1.82, 2.24) is 15.1 Å². The third-order valence-corrected chi connectivity index (χ3v) is 4.50. The monoisotopic (exact) mass is 328 g/mol. The van der Waals surface area contributed by atoms with E-state index in [1.54, 1.807) is 16.9 Å². The number of nitrogens with one attached hydrogen (secondary N) is 2. The molecule has 0 saturated heterocycles. The van der Waals surface area contributed by atoms with E-state index in [9.17, 15) is 9.90 Å². The SMILES string of the molecule is CC(C)n1nccc1NC(=O)NCC1(O)CCCc2ccccc21. The normalized spacial score (nSPS) is 19.8. The summed E-state index contributed by atoms with van der Waals surface area (Å²) in [5.41, 5.74) is 1.07. The molecule has 6 heteroatoms. The van der Waals surface area contributed by atoms with E-state index in [2.05, 4.69) is 15.7 Å². The Morgan fingerprint density at radius 1 is 1.38 bits per heavy atom. The third-order valence-electron chi connectivity index (χ3n) is 4.50. The number of anilines is 1. The third kappa shape index (κ3) is 3.28. The van der Waals surface area contributed by atoms with Crippen molar-refractivity contribution in [2.24, 2.45) is 0 Å². The first-order chi connectivity index (χ1) is 11.5. The van der Waals surface area contributed by atoms with Crippen LogP contribution in [-0.2, 0) is 12.0 Å². The number of benzene rings is 1. The summed E-state index contributed by atoms with van der Waals surface area (Å²) in [6.45, 7) is 4.18. The zero-order valence-electron chi connectivity index (χ0n) is 14.1. The fourth-order valence-electron chi connectivity index (χ4n) is 3.29. The van der Waals surface area contributed by atoms with Crippen LogP contribution in [0, 0.1) is 0 Å². The molecule has 0 saturated carbocycles. The number of carbonyl (C=O) groups is 1. The van der Waals surface area contributed by atoms with Crippen LogP contribution in [-0.4, -0.2) is 27.5 Å². The van der Waals surface area contributed by atoms with Crippen molar-refractivity contribution < 1.29 is 9.90 Å². The minimum atomic E-state index is -1.01. The Hall–Kier alpha value is -2.34. The molecule has 1 heterocycles. The van der Waals surface area contributed by atoms with E-state index in [0.29, 0.717) is 12.2 Å². The van der Waals surface area contributed by atoms with Gasteiger partial charge in [0.2, 0.25) is 0 Å². The molecule has 3 rings (SSSR count). The highest BCUT2D eigenvalue weighted by Crippen LogP contribution is 2.34. The van der Waals surface area contributed by atoms with Gasteiger partial charge >= 0.3 is 6.03 Å². The summed E-state index contributed by atoms with van der Waals surface area (Å²) < 4.78 is 1.74. The van der Waals surface area contributed by atoms with Gasteiger partial charge in [-0.25, -0.2) is 9.48 Å². The molecule has 1 aliphatic rings. The summed E-state index contributed by atoms with van der Waals surface area (Å²) in [7, 11) is 0. The lowest BCUT2D eigenvalue weighted by Gasteiger charge is -2.34. The Labute approximate surface area is 141 Å². The maximum absolute atomic E-state index is 12.2. The van der Waals surface area contributed by atoms with E-state index < -0.39 is 5.60 Å². The molecule has 1 unspecified atom stereocenters. The predicted octanol–water partition coefficient (Wildman–Crippen LogP) is 2.81. The van der Waals surface area contributed by atoms with Gasteiger partial charge in [0.1, 0.15) is 11.4 Å². The topological polar surface area (TPSA) is 79.2 Å². The van der Waals surface area contributed by atoms with E-state index in [0.717, 1.165) is 24.0 Å². The quantitative estimate of drug-likeness (QED) is 0.807. The van der Waals surface area contributed by atoms with Crippen molar-refractivity contribution in [2.75, 3.05) is 11.9 Å². The van der Waals surface area contributed by atoms with Gasteiger partial charge in [-0.05, 0) is 44.2 Å². The van der Waals surface area contributed by atoms with Crippen molar-refractivity contribution in [2.45, 2.75) is 44.8 Å². The van der Waals surface area contributed by atoms with Crippen molar-refractivity contribution in [3.63, 3.8) is 0 Å². The Balaban J connectivity index is 1.65. The highest BCUT2D eigenvalue weighted by Gasteiger charge is 2.34. The standard InChI is InChI=1S/C18H24N4O2/c1-13(2)22-16(9-11-20-22)21-17(23)19-12-18(24)10-5-7-14-6-3-4-8-15(14)18/h3-4,6,8-9,11,13,24H,5,7,10,12H2,1-2H3,(H2,19,21,23). The Morgan fingerprint density at radius 3 is 2.96 bits per heavy atom. The summed E-state index contributed by atoms with van der Waals surface area (Å²) in [4.78, 5) is 12.2. The van der Waals surface area contributed by atoms with E-state index in [1.165, 1.54) is 0 Å². The van der Waals surface area contributed by atoms with Gasteiger partial charge in [-0.2, -0.15) is 5.10 Å². The number of hydrogen-bond acceptors (Lipinski definition) is 3. The van der Waals surface area contributed by atoms with Crippen LogP contribution in [0.5, 0.6) is 0 Å². The van der Waals surface area contributed by atoms with Crippen molar-refractivity contribution in [1.29, 1.82) is 0 Å². The molecular formula is C18H24N4O2. The first-order valence-corrected chi connectivity index (χ1v) is 8.39. The van der Waals surface area contributed by atoms with Crippen molar-refractivity contribution in [3.8, 4) is 0 Å². The van der Waals surface area contributed by atoms with Crippen LogP contribution < -0.4 is 10.6 Å². The van der Waals surface area contributed by atoms with Gasteiger partial charge in [0.05, 0.1) is 12.7 Å². The molecule has 3 N–H and O–H groups in total. The highest BCUT2D eigenvalue weighted by molar-refractivity contribution is 5.88. The number of fused-ring (bicyclic) bond motifs is 1. The van der Waals surface area contributed by atoms with E-state index in [4.69, 9.17) is 0 Å². The largest absolute Gasteiger partial charge is 0.383 e. The van der Waals surface area contributed by atoms with Crippen LogP contribution in [0.2, 0.25) is 0 Å². The number of carbonyl (C=O) groups excluding carboxylic acids is 1. The van der Waals surface area contributed by atoms with E-state index in [1.807, 2.05) is 38.1 Å². The van der Waals surface area contributed by atoms with Crippen LogP contribution in [0.25, 0.3) is 0 Å². The fraction of sp³-hybridized carbons (Fsp3) is 0.444. The number of nitrogens with zero attached hydrogens (tertiary/aromatic N) is 2. The molecule has 0 bridgehead atoms. The molecule has 0 aliphatic heterocycles. The number of urea groups is 1.